The Bertz CT molecular complexity index is 1180. The highest BCUT2D eigenvalue weighted by molar-refractivity contribution is 6.19. The summed E-state index contributed by atoms with van der Waals surface area (Å²) >= 11 is 0. The second-order valence-electron chi connectivity index (χ2n) is 7.06. The third kappa shape index (κ3) is 4.35. The van der Waals surface area contributed by atoms with E-state index in [4.69, 9.17) is 10.1 Å². The van der Waals surface area contributed by atoms with Gasteiger partial charge in [0.25, 0.3) is 11.8 Å². The highest BCUT2D eigenvalue weighted by atomic mass is 16.5. The van der Waals surface area contributed by atoms with Crippen molar-refractivity contribution in [3.63, 3.8) is 0 Å². The number of carbonyl (C=O) groups excluding carboxylic acids is 2. The summed E-state index contributed by atoms with van der Waals surface area (Å²) in [6, 6.07) is 13.0. The molecule has 2 amide bonds. The fourth-order valence-electron chi connectivity index (χ4n) is 3.41. The van der Waals surface area contributed by atoms with Crippen LogP contribution >= 0.6 is 0 Å². The predicted octanol–water partition coefficient (Wildman–Crippen LogP) is 1.32. The first-order valence-electron chi connectivity index (χ1n) is 10.1. The molecule has 10 heteroatoms. The van der Waals surface area contributed by atoms with E-state index in [1.54, 1.807) is 34.8 Å². The topological polar surface area (TPSA) is 125 Å². The van der Waals surface area contributed by atoms with Gasteiger partial charge in [-0.25, -0.2) is 9.50 Å². The number of amides is 2. The number of nitrogens with zero attached hydrogens (tertiary/aromatic N) is 4. The van der Waals surface area contributed by atoms with E-state index in [0.29, 0.717) is 43.5 Å². The highest BCUT2D eigenvalue weighted by Crippen LogP contribution is 2.18. The molecule has 0 bridgehead atoms. The molecule has 0 unspecified atom stereocenters. The van der Waals surface area contributed by atoms with Crippen molar-refractivity contribution < 1.29 is 14.3 Å². The van der Waals surface area contributed by atoms with Crippen molar-refractivity contribution in [3.05, 3.63) is 59.9 Å². The van der Waals surface area contributed by atoms with Crippen LogP contribution in [0.3, 0.4) is 0 Å². The van der Waals surface area contributed by atoms with Crippen LogP contribution in [-0.2, 0) is 14.3 Å². The SMILES string of the molecule is CN/C(C(=O)Nc1ccn2nc(-c3ccccc3)nc2c1)=C(\C=N)C(=O)N1CCOCC1. The molecule has 1 aliphatic rings. The summed E-state index contributed by atoms with van der Waals surface area (Å²) in [7, 11) is 1.54. The van der Waals surface area contributed by atoms with Crippen LogP contribution in [0.1, 0.15) is 0 Å². The summed E-state index contributed by atoms with van der Waals surface area (Å²) in [4.78, 5) is 31.8. The molecule has 0 atom stereocenters. The fourth-order valence-corrected chi connectivity index (χ4v) is 3.41. The van der Waals surface area contributed by atoms with Crippen LogP contribution in [0, 0.1) is 5.41 Å². The summed E-state index contributed by atoms with van der Waals surface area (Å²) in [5, 5.41) is 17.7. The average Bonchev–Trinajstić information content (AvgIpc) is 3.26. The summed E-state index contributed by atoms with van der Waals surface area (Å²) in [5.41, 5.74) is 1.95. The Morgan fingerprint density at radius 1 is 1.16 bits per heavy atom. The molecule has 0 spiro atoms. The molecule has 4 rings (SSSR count). The van der Waals surface area contributed by atoms with Crippen LogP contribution in [0.4, 0.5) is 5.69 Å². The fraction of sp³-hybridized carbons (Fsp3) is 0.227. The van der Waals surface area contributed by atoms with E-state index >= 15 is 0 Å². The largest absolute Gasteiger partial charge is 0.383 e. The quantitative estimate of drug-likeness (QED) is 0.398. The number of hydrogen-bond acceptors (Lipinski definition) is 7. The molecular formula is C22H23N7O3. The average molecular weight is 433 g/mol. The van der Waals surface area contributed by atoms with Gasteiger partial charge < -0.3 is 25.7 Å². The molecule has 2 aromatic heterocycles. The summed E-state index contributed by atoms with van der Waals surface area (Å²) in [5.74, 6) is -0.338. The molecule has 0 radical (unpaired) electrons. The van der Waals surface area contributed by atoms with Gasteiger partial charge in [0.05, 0.1) is 18.8 Å². The smallest absolute Gasteiger partial charge is 0.272 e. The van der Waals surface area contributed by atoms with Gasteiger partial charge in [-0.2, -0.15) is 0 Å². The summed E-state index contributed by atoms with van der Waals surface area (Å²) < 4.78 is 6.89. The Hall–Kier alpha value is -4.05. The number of nitrogens with one attached hydrogen (secondary N) is 3. The van der Waals surface area contributed by atoms with Crippen molar-refractivity contribution in [1.82, 2.24) is 24.8 Å². The number of carbonyl (C=O) groups is 2. The van der Waals surface area contributed by atoms with E-state index in [1.807, 2.05) is 30.3 Å². The van der Waals surface area contributed by atoms with Crippen molar-refractivity contribution in [3.8, 4) is 11.4 Å². The number of pyridine rings is 1. The molecule has 164 valence electrons. The van der Waals surface area contributed by atoms with Crippen LogP contribution in [0.15, 0.2) is 59.9 Å². The van der Waals surface area contributed by atoms with E-state index in [1.165, 1.54) is 0 Å². The van der Waals surface area contributed by atoms with Crippen LogP contribution in [-0.4, -0.2) is 70.9 Å². The molecule has 3 N–H and O–H groups in total. The van der Waals surface area contributed by atoms with Gasteiger partial charge in [0, 0.05) is 49.9 Å². The first kappa shape index (κ1) is 21.2. The lowest BCUT2D eigenvalue weighted by molar-refractivity contribution is -0.130. The van der Waals surface area contributed by atoms with Gasteiger partial charge in [-0.15, -0.1) is 5.10 Å². The first-order chi connectivity index (χ1) is 15.6. The van der Waals surface area contributed by atoms with E-state index in [9.17, 15) is 9.59 Å². The Labute approximate surface area is 184 Å². The lowest BCUT2D eigenvalue weighted by atomic mass is 10.1. The minimum Gasteiger partial charge on any atom is -0.383 e. The van der Waals surface area contributed by atoms with Crippen molar-refractivity contribution >= 4 is 29.4 Å². The number of likely N-dealkylation sites (N-methyl/N-ethyl adjacent to an activating group) is 1. The molecule has 0 saturated carbocycles. The van der Waals surface area contributed by atoms with Crippen molar-refractivity contribution in [1.29, 1.82) is 5.41 Å². The van der Waals surface area contributed by atoms with Crippen LogP contribution in [0.2, 0.25) is 0 Å². The lowest BCUT2D eigenvalue weighted by Crippen LogP contribution is -2.43. The van der Waals surface area contributed by atoms with Crippen LogP contribution in [0.25, 0.3) is 17.0 Å². The number of anilines is 1. The monoisotopic (exact) mass is 433 g/mol. The minimum absolute atomic E-state index is 0.0122. The van der Waals surface area contributed by atoms with Crippen LogP contribution in [0.5, 0.6) is 0 Å². The molecule has 1 aliphatic heterocycles. The molecule has 32 heavy (non-hydrogen) atoms. The Kier molecular flexibility index (Phi) is 6.22. The van der Waals surface area contributed by atoms with Gasteiger partial charge in [-0.3, -0.25) is 9.59 Å². The maximum atomic E-state index is 12.9. The minimum atomic E-state index is -0.528. The van der Waals surface area contributed by atoms with Crippen LogP contribution < -0.4 is 10.6 Å². The van der Waals surface area contributed by atoms with Gasteiger partial charge in [0.1, 0.15) is 5.70 Å². The molecule has 1 aromatic carbocycles. The zero-order valence-corrected chi connectivity index (χ0v) is 17.5. The van der Waals surface area contributed by atoms with Gasteiger partial charge in [0.15, 0.2) is 11.5 Å². The number of benzene rings is 1. The normalized spacial score (nSPS) is 14.6. The second kappa shape index (κ2) is 9.40. The summed E-state index contributed by atoms with van der Waals surface area (Å²) in [6.07, 6.45) is 2.60. The Morgan fingerprint density at radius 3 is 2.59 bits per heavy atom. The first-order valence-corrected chi connectivity index (χ1v) is 10.1. The summed E-state index contributed by atoms with van der Waals surface area (Å²) in [6.45, 7) is 1.70. The Morgan fingerprint density at radius 2 is 1.91 bits per heavy atom. The lowest BCUT2D eigenvalue weighted by Gasteiger charge is -2.27. The van der Waals surface area contributed by atoms with Crippen molar-refractivity contribution in [2.75, 3.05) is 38.7 Å². The molecule has 0 aliphatic carbocycles. The number of aromatic nitrogens is 3. The highest BCUT2D eigenvalue weighted by Gasteiger charge is 2.25. The van der Waals surface area contributed by atoms with E-state index < -0.39 is 5.91 Å². The van der Waals surface area contributed by atoms with Crippen molar-refractivity contribution in [2.24, 2.45) is 0 Å². The van der Waals surface area contributed by atoms with Gasteiger partial charge in [-0.05, 0) is 6.07 Å². The number of fused-ring (bicyclic) bond motifs is 1. The number of morpholine rings is 1. The molecule has 3 aromatic rings. The third-order valence-corrected chi connectivity index (χ3v) is 5.05. The maximum Gasteiger partial charge on any atom is 0.272 e. The van der Waals surface area contributed by atoms with Gasteiger partial charge >= 0.3 is 0 Å². The third-order valence-electron chi connectivity index (χ3n) is 5.05. The molecule has 1 fully saturated rings. The van der Waals surface area contributed by atoms with Gasteiger partial charge in [0.2, 0.25) is 0 Å². The van der Waals surface area contributed by atoms with E-state index in [-0.39, 0.29) is 17.2 Å². The molecule has 10 nitrogen and oxygen atoms in total. The molecule has 1 saturated heterocycles. The predicted molar refractivity (Wildman–Crippen MR) is 119 cm³/mol. The molecular weight excluding hydrogens is 410 g/mol. The number of hydrogen-bond donors (Lipinski definition) is 3. The second-order valence-corrected chi connectivity index (χ2v) is 7.06. The zero-order chi connectivity index (χ0) is 22.5. The van der Waals surface area contributed by atoms with Gasteiger partial charge in [-0.1, -0.05) is 30.3 Å². The number of ether oxygens (including phenoxy) is 1. The van der Waals surface area contributed by atoms with E-state index in [2.05, 4.69) is 20.7 Å². The molecule has 3 heterocycles. The van der Waals surface area contributed by atoms with Crippen molar-refractivity contribution in [2.45, 2.75) is 0 Å². The maximum absolute atomic E-state index is 12.9. The van der Waals surface area contributed by atoms with E-state index in [0.717, 1.165) is 11.8 Å². The zero-order valence-electron chi connectivity index (χ0n) is 17.5. The number of rotatable bonds is 6. The Balaban J connectivity index is 1.57. The standard InChI is InChI=1S/C22H23N7O3/c1-24-19(17(14-23)22(31)28-9-11-32-12-10-28)21(30)25-16-7-8-29-18(13-16)26-20(27-29)15-5-3-2-4-6-15/h2-8,13-14,23-24H,9-12H2,1H3,(H,25,30)/b19-17+,23-14?.